The summed E-state index contributed by atoms with van der Waals surface area (Å²) in [4.78, 5) is 10.7. The lowest BCUT2D eigenvalue weighted by atomic mass is 10.1. The molecule has 1 aliphatic rings. The lowest BCUT2D eigenvalue weighted by Gasteiger charge is -2.26. The summed E-state index contributed by atoms with van der Waals surface area (Å²) in [6.45, 7) is 4.24. The summed E-state index contributed by atoms with van der Waals surface area (Å²) < 4.78 is 0. The number of nitrogens with two attached hydrogens (primary N) is 1. The molecule has 1 saturated heterocycles. The van der Waals surface area contributed by atoms with Crippen LogP contribution >= 0.6 is 0 Å². The molecule has 0 bridgehead atoms. The predicted molar refractivity (Wildman–Crippen MR) is 66.5 cm³/mol. The molecule has 88 valence electrons. The fourth-order valence-corrected chi connectivity index (χ4v) is 2.23. The molecule has 0 amide bonds. The van der Waals surface area contributed by atoms with Crippen molar-refractivity contribution >= 4 is 11.8 Å². The molecule has 0 aliphatic carbocycles. The summed E-state index contributed by atoms with van der Waals surface area (Å²) in [6.07, 6.45) is 8.36. The molecule has 2 N–H and O–H groups in total. The van der Waals surface area contributed by atoms with Crippen molar-refractivity contribution in [2.24, 2.45) is 0 Å². The average molecular weight is 220 g/mol. The highest BCUT2D eigenvalue weighted by atomic mass is 15.2. The molecule has 4 nitrogen and oxygen atoms in total. The predicted octanol–water partition coefficient (Wildman–Crippen LogP) is 2.14. The van der Waals surface area contributed by atoms with Crippen molar-refractivity contribution in [1.82, 2.24) is 9.97 Å². The van der Waals surface area contributed by atoms with Crippen LogP contribution in [0.25, 0.3) is 0 Å². The number of aromatic nitrogens is 2. The average Bonchev–Trinajstić information content (AvgIpc) is 2.22. The highest BCUT2D eigenvalue weighted by molar-refractivity contribution is 5.47. The van der Waals surface area contributed by atoms with E-state index in [0.29, 0.717) is 5.95 Å². The Morgan fingerprint density at radius 3 is 2.44 bits per heavy atom. The molecule has 0 radical (unpaired) electrons. The lowest BCUT2D eigenvalue weighted by Crippen LogP contribution is -2.28. The van der Waals surface area contributed by atoms with Gasteiger partial charge in [0.1, 0.15) is 5.82 Å². The van der Waals surface area contributed by atoms with Gasteiger partial charge < -0.3 is 10.6 Å². The maximum Gasteiger partial charge on any atom is 0.221 e. The van der Waals surface area contributed by atoms with E-state index in [1.807, 2.05) is 13.1 Å². The van der Waals surface area contributed by atoms with E-state index < -0.39 is 0 Å². The number of nitrogen functional groups attached to an aromatic ring is 1. The highest BCUT2D eigenvalue weighted by Gasteiger charge is 2.13. The number of hydrogen-bond acceptors (Lipinski definition) is 4. The molecule has 0 aromatic carbocycles. The summed E-state index contributed by atoms with van der Waals surface area (Å²) in [7, 11) is 0. The maximum absolute atomic E-state index is 5.66. The second-order valence-corrected chi connectivity index (χ2v) is 4.49. The van der Waals surface area contributed by atoms with Gasteiger partial charge in [-0.15, -0.1) is 0 Å². The van der Waals surface area contributed by atoms with Crippen LogP contribution in [0, 0.1) is 6.92 Å². The Morgan fingerprint density at radius 2 is 1.75 bits per heavy atom. The van der Waals surface area contributed by atoms with Gasteiger partial charge in [0, 0.05) is 24.8 Å². The van der Waals surface area contributed by atoms with E-state index in [4.69, 9.17) is 5.73 Å². The van der Waals surface area contributed by atoms with Crippen LogP contribution in [0.2, 0.25) is 0 Å². The Balaban J connectivity index is 2.16. The monoisotopic (exact) mass is 220 g/mol. The third-order valence-corrected chi connectivity index (χ3v) is 3.12. The molecule has 1 aromatic rings. The molecular formula is C12H20N4. The van der Waals surface area contributed by atoms with Crippen LogP contribution in [0.3, 0.4) is 0 Å². The largest absolute Gasteiger partial charge is 0.368 e. The standard InChI is InChI=1S/C12H20N4/c1-10-9-14-12(13)15-11(10)16-7-5-3-2-4-6-8-16/h9H,2-8H2,1H3,(H2,13,14,15). The Hall–Kier alpha value is -1.32. The zero-order valence-electron chi connectivity index (χ0n) is 9.95. The summed E-state index contributed by atoms with van der Waals surface area (Å²) in [5.74, 6) is 1.40. The molecule has 1 fully saturated rings. The summed E-state index contributed by atoms with van der Waals surface area (Å²) in [6, 6.07) is 0. The normalized spacial score (nSPS) is 17.9. The second-order valence-electron chi connectivity index (χ2n) is 4.49. The minimum absolute atomic E-state index is 0.377. The molecule has 1 aromatic heterocycles. The first-order valence-electron chi connectivity index (χ1n) is 6.11. The van der Waals surface area contributed by atoms with Gasteiger partial charge in [-0.3, -0.25) is 0 Å². The summed E-state index contributed by atoms with van der Waals surface area (Å²) in [5, 5.41) is 0. The number of anilines is 2. The minimum Gasteiger partial charge on any atom is -0.368 e. The van der Waals surface area contributed by atoms with Gasteiger partial charge in [-0.05, 0) is 19.8 Å². The third-order valence-electron chi connectivity index (χ3n) is 3.12. The van der Waals surface area contributed by atoms with E-state index in [2.05, 4.69) is 14.9 Å². The van der Waals surface area contributed by atoms with Crippen LogP contribution in [-0.4, -0.2) is 23.1 Å². The molecule has 0 unspecified atom stereocenters. The first-order chi connectivity index (χ1) is 7.77. The molecular weight excluding hydrogens is 200 g/mol. The number of rotatable bonds is 1. The SMILES string of the molecule is Cc1cnc(N)nc1N1CCCCCCC1. The van der Waals surface area contributed by atoms with Gasteiger partial charge in [0.2, 0.25) is 5.95 Å². The highest BCUT2D eigenvalue weighted by Crippen LogP contribution is 2.20. The van der Waals surface area contributed by atoms with Crippen molar-refractivity contribution in [3.05, 3.63) is 11.8 Å². The number of aryl methyl sites for hydroxylation is 1. The molecule has 2 rings (SSSR count). The zero-order chi connectivity index (χ0) is 11.4. The molecule has 1 aliphatic heterocycles. The van der Waals surface area contributed by atoms with Gasteiger partial charge in [-0.25, -0.2) is 4.98 Å². The van der Waals surface area contributed by atoms with Crippen LogP contribution in [-0.2, 0) is 0 Å². The first-order valence-corrected chi connectivity index (χ1v) is 6.11. The van der Waals surface area contributed by atoms with Gasteiger partial charge in [-0.1, -0.05) is 19.3 Å². The fourth-order valence-electron chi connectivity index (χ4n) is 2.23. The second kappa shape index (κ2) is 5.14. The molecule has 16 heavy (non-hydrogen) atoms. The summed E-state index contributed by atoms with van der Waals surface area (Å²) >= 11 is 0. The van der Waals surface area contributed by atoms with Crippen LogP contribution < -0.4 is 10.6 Å². The summed E-state index contributed by atoms with van der Waals surface area (Å²) in [5.41, 5.74) is 6.78. The Morgan fingerprint density at radius 1 is 1.12 bits per heavy atom. The van der Waals surface area contributed by atoms with E-state index >= 15 is 0 Å². The van der Waals surface area contributed by atoms with E-state index in [-0.39, 0.29) is 0 Å². The minimum atomic E-state index is 0.377. The molecule has 4 heteroatoms. The molecule has 0 atom stereocenters. The topological polar surface area (TPSA) is 55.0 Å². The van der Waals surface area contributed by atoms with Crippen LogP contribution in [0.5, 0.6) is 0 Å². The van der Waals surface area contributed by atoms with Gasteiger partial charge in [0.25, 0.3) is 0 Å². The lowest BCUT2D eigenvalue weighted by molar-refractivity contribution is 0.553. The Labute approximate surface area is 96.9 Å². The van der Waals surface area contributed by atoms with Crippen molar-refractivity contribution in [1.29, 1.82) is 0 Å². The molecule has 0 spiro atoms. The Bertz CT molecular complexity index is 343. The third kappa shape index (κ3) is 2.62. The van der Waals surface area contributed by atoms with Gasteiger partial charge in [0.05, 0.1) is 0 Å². The molecule has 0 saturated carbocycles. The van der Waals surface area contributed by atoms with E-state index in [0.717, 1.165) is 24.5 Å². The van der Waals surface area contributed by atoms with Gasteiger partial charge in [-0.2, -0.15) is 4.98 Å². The van der Waals surface area contributed by atoms with E-state index in [1.54, 1.807) is 0 Å². The number of nitrogens with zero attached hydrogens (tertiary/aromatic N) is 3. The van der Waals surface area contributed by atoms with Crippen molar-refractivity contribution < 1.29 is 0 Å². The van der Waals surface area contributed by atoms with E-state index in [1.165, 1.54) is 32.1 Å². The fraction of sp³-hybridized carbons (Fsp3) is 0.667. The van der Waals surface area contributed by atoms with Gasteiger partial charge in [0.15, 0.2) is 0 Å². The van der Waals surface area contributed by atoms with Crippen molar-refractivity contribution in [2.45, 2.75) is 39.0 Å². The smallest absolute Gasteiger partial charge is 0.221 e. The Kier molecular flexibility index (Phi) is 3.59. The maximum atomic E-state index is 5.66. The zero-order valence-corrected chi connectivity index (χ0v) is 9.95. The number of hydrogen-bond donors (Lipinski definition) is 1. The first kappa shape index (κ1) is 11.2. The van der Waals surface area contributed by atoms with Crippen LogP contribution in [0.4, 0.5) is 11.8 Å². The quantitative estimate of drug-likeness (QED) is 0.787. The van der Waals surface area contributed by atoms with Crippen LogP contribution in [0.15, 0.2) is 6.20 Å². The van der Waals surface area contributed by atoms with E-state index in [9.17, 15) is 0 Å². The van der Waals surface area contributed by atoms with Crippen LogP contribution in [0.1, 0.15) is 37.7 Å². The van der Waals surface area contributed by atoms with Crippen molar-refractivity contribution in [2.75, 3.05) is 23.7 Å². The molecule has 2 heterocycles. The van der Waals surface area contributed by atoms with Crippen molar-refractivity contribution in [3.8, 4) is 0 Å². The van der Waals surface area contributed by atoms with Crippen molar-refractivity contribution in [3.63, 3.8) is 0 Å². The van der Waals surface area contributed by atoms with Gasteiger partial charge >= 0.3 is 0 Å².